The summed E-state index contributed by atoms with van der Waals surface area (Å²) in [4.78, 5) is 17.8. The predicted octanol–water partition coefficient (Wildman–Crippen LogP) is 1.29. The van der Waals surface area contributed by atoms with Crippen molar-refractivity contribution in [3.63, 3.8) is 0 Å². The van der Waals surface area contributed by atoms with Crippen molar-refractivity contribution in [3.05, 3.63) is 53.6 Å². The van der Waals surface area contributed by atoms with Crippen LogP contribution in [0.25, 0.3) is 0 Å². The van der Waals surface area contributed by atoms with Crippen LogP contribution >= 0.6 is 0 Å². The number of amides is 1. The fourth-order valence-corrected chi connectivity index (χ4v) is 1.52. The highest BCUT2D eigenvalue weighted by molar-refractivity contribution is 5.90. The molecule has 0 aliphatic carbocycles. The van der Waals surface area contributed by atoms with Gasteiger partial charge in [-0.25, -0.2) is 4.98 Å². The summed E-state index contributed by atoms with van der Waals surface area (Å²) in [5.41, 5.74) is 6.74. The molecule has 82 valence electrons. The number of benzene rings is 1. The summed E-state index contributed by atoms with van der Waals surface area (Å²) in [6, 6.07) is 10.1. The number of rotatable bonds is 4. The van der Waals surface area contributed by atoms with Gasteiger partial charge in [0, 0.05) is 6.42 Å². The van der Waals surface area contributed by atoms with E-state index in [-0.39, 0.29) is 0 Å². The second kappa shape index (κ2) is 4.61. The van der Waals surface area contributed by atoms with Crippen LogP contribution in [0.1, 0.15) is 21.9 Å². The van der Waals surface area contributed by atoms with Crippen molar-refractivity contribution < 1.29 is 4.79 Å². The molecule has 1 amide bonds. The standard InChI is InChI=1S/C12H13N3O/c13-12(16)10-8-14-11(15-10)7-6-9-4-2-1-3-5-9/h1-5,8H,6-7H2,(H2,13,16)(H,14,15). The number of aryl methyl sites for hydroxylation is 2. The van der Waals surface area contributed by atoms with Gasteiger partial charge in [0.15, 0.2) is 0 Å². The first-order chi connectivity index (χ1) is 7.75. The number of nitrogens with zero attached hydrogens (tertiary/aromatic N) is 1. The van der Waals surface area contributed by atoms with Crippen LogP contribution in [-0.2, 0) is 12.8 Å². The third kappa shape index (κ3) is 2.48. The largest absolute Gasteiger partial charge is 0.364 e. The molecule has 2 rings (SSSR count). The summed E-state index contributed by atoms with van der Waals surface area (Å²) in [7, 11) is 0. The summed E-state index contributed by atoms with van der Waals surface area (Å²) >= 11 is 0. The molecule has 1 aromatic carbocycles. The van der Waals surface area contributed by atoms with E-state index in [0.29, 0.717) is 5.69 Å². The zero-order chi connectivity index (χ0) is 11.4. The number of aromatic nitrogens is 2. The molecule has 1 heterocycles. The SMILES string of the molecule is NC(=O)c1cnc(CCc2ccccc2)[nH]1. The lowest BCUT2D eigenvalue weighted by Gasteiger charge is -1.98. The van der Waals surface area contributed by atoms with Gasteiger partial charge >= 0.3 is 0 Å². The van der Waals surface area contributed by atoms with E-state index in [0.717, 1.165) is 18.7 Å². The second-order valence-electron chi connectivity index (χ2n) is 3.59. The molecule has 4 nitrogen and oxygen atoms in total. The smallest absolute Gasteiger partial charge is 0.266 e. The Labute approximate surface area is 93.5 Å². The molecule has 0 aliphatic heterocycles. The molecule has 2 aromatic rings. The van der Waals surface area contributed by atoms with Gasteiger partial charge in [0.25, 0.3) is 5.91 Å². The zero-order valence-corrected chi connectivity index (χ0v) is 8.81. The first-order valence-electron chi connectivity index (χ1n) is 5.13. The number of aromatic amines is 1. The van der Waals surface area contributed by atoms with Crippen molar-refractivity contribution in [1.29, 1.82) is 0 Å². The highest BCUT2D eigenvalue weighted by Gasteiger charge is 2.05. The molecule has 16 heavy (non-hydrogen) atoms. The number of nitrogens with two attached hydrogens (primary N) is 1. The Morgan fingerprint density at radius 2 is 2.00 bits per heavy atom. The van der Waals surface area contributed by atoms with E-state index >= 15 is 0 Å². The summed E-state index contributed by atoms with van der Waals surface area (Å²) in [5, 5.41) is 0. The van der Waals surface area contributed by atoms with Gasteiger partial charge in [-0.05, 0) is 12.0 Å². The molecule has 3 N–H and O–H groups in total. The van der Waals surface area contributed by atoms with Gasteiger partial charge < -0.3 is 10.7 Å². The second-order valence-corrected chi connectivity index (χ2v) is 3.59. The number of H-pyrrole nitrogens is 1. The fourth-order valence-electron chi connectivity index (χ4n) is 1.52. The molecule has 0 radical (unpaired) electrons. The molecule has 0 unspecified atom stereocenters. The summed E-state index contributed by atoms with van der Waals surface area (Å²) in [6.45, 7) is 0. The number of carbonyl (C=O) groups excluding carboxylic acids is 1. The molecule has 0 atom stereocenters. The molecular formula is C12H13N3O. The van der Waals surface area contributed by atoms with E-state index in [9.17, 15) is 4.79 Å². The van der Waals surface area contributed by atoms with Crippen molar-refractivity contribution in [3.8, 4) is 0 Å². The van der Waals surface area contributed by atoms with Gasteiger partial charge in [0.1, 0.15) is 11.5 Å². The zero-order valence-electron chi connectivity index (χ0n) is 8.81. The Morgan fingerprint density at radius 1 is 1.25 bits per heavy atom. The third-order valence-corrected chi connectivity index (χ3v) is 2.39. The van der Waals surface area contributed by atoms with Crippen LogP contribution < -0.4 is 5.73 Å². The summed E-state index contributed by atoms with van der Waals surface area (Å²) in [5.74, 6) is 0.316. The average Bonchev–Trinajstić information content (AvgIpc) is 2.76. The Hall–Kier alpha value is -2.10. The van der Waals surface area contributed by atoms with Crippen molar-refractivity contribution in [2.45, 2.75) is 12.8 Å². The number of hydrogen-bond donors (Lipinski definition) is 2. The minimum Gasteiger partial charge on any atom is -0.364 e. The average molecular weight is 215 g/mol. The normalized spacial score (nSPS) is 10.2. The van der Waals surface area contributed by atoms with Crippen molar-refractivity contribution in [1.82, 2.24) is 9.97 Å². The first kappa shape index (κ1) is 10.4. The van der Waals surface area contributed by atoms with Gasteiger partial charge in [-0.2, -0.15) is 0 Å². The van der Waals surface area contributed by atoms with E-state index in [4.69, 9.17) is 5.73 Å². The molecule has 0 bridgehead atoms. The summed E-state index contributed by atoms with van der Waals surface area (Å²) < 4.78 is 0. The van der Waals surface area contributed by atoms with E-state index in [1.165, 1.54) is 11.8 Å². The van der Waals surface area contributed by atoms with Crippen molar-refractivity contribution in [2.75, 3.05) is 0 Å². The number of primary amides is 1. The lowest BCUT2D eigenvalue weighted by Crippen LogP contribution is -2.11. The topological polar surface area (TPSA) is 71.8 Å². The molecule has 0 aliphatic rings. The molecular weight excluding hydrogens is 202 g/mol. The van der Waals surface area contributed by atoms with Gasteiger partial charge in [-0.1, -0.05) is 30.3 Å². The van der Waals surface area contributed by atoms with Crippen LogP contribution in [0.15, 0.2) is 36.5 Å². The van der Waals surface area contributed by atoms with Gasteiger partial charge in [0.2, 0.25) is 0 Å². The number of hydrogen-bond acceptors (Lipinski definition) is 2. The summed E-state index contributed by atoms with van der Waals surface area (Å²) in [6.07, 6.45) is 3.15. The maximum Gasteiger partial charge on any atom is 0.266 e. The quantitative estimate of drug-likeness (QED) is 0.806. The lowest BCUT2D eigenvalue weighted by atomic mass is 10.1. The molecule has 0 fully saturated rings. The lowest BCUT2D eigenvalue weighted by molar-refractivity contribution is 0.0996. The van der Waals surface area contributed by atoms with Crippen LogP contribution in [-0.4, -0.2) is 15.9 Å². The minimum atomic E-state index is -0.474. The van der Waals surface area contributed by atoms with Crippen LogP contribution in [0.4, 0.5) is 0 Å². The van der Waals surface area contributed by atoms with E-state index in [2.05, 4.69) is 22.1 Å². The Morgan fingerprint density at radius 3 is 2.62 bits per heavy atom. The van der Waals surface area contributed by atoms with E-state index in [1.807, 2.05) is 18.2 Å². The van der Waals surface area contributed by atoms with Crippen LogP contribution in [0.2, 0.25) is 0 Å². The van der Waals surface area contributed by atoms with Gasteiger partial charge in [-0.3, -0.25) is 4.79 Å². The first-order valence-corrected chi connectivity index (χ1v) is 5.13. The third-order valence-electron chi connectivity index (χ3n) is 2.39. The predicted molar refractivity (Wildman–Crippen MR) is 61.0 cm³/mol. The number of imidazole rings is 1. The Bertz CT molecular complexity index is 476. The number of nitrogens with one attached hydrogen (secondary N) is 1. The van der Waals surface area contributed by atoms with Crippen molar-refractivity contribution in [2.24, 2.45) is 5.73 Å². The molecule has 1 aromatic heterocycles. The molecule has 0 spiro atoms. The monoisotopic (exact) mass is 215 g/mol. The van der Waals surface area contributed by atoms with Crippen LogP contribution in [0, 0.1) is 0 Å². The van der Waals surface area contributed by atoms with E-state index < -0.39 is 5.91 Å². The Balaban J connectivity index is 1.97. The van der Waals surface area contributed by atoms with Gasteiger partial charge in [-0.15, -0.1) is 0 Å². The highest BCUT2D eigenvalue weighted by atomic mass is 16.1. The minimum absolute atomic E-state index is 0.364. The highest BCUT2D eigenvalue weighted by Crippen LogP contribution is 2.04. The maximum atomic E-state index is 10.8. The molecule has 4 heteroatoms. The molecule has 0 saturated carbocycles. The maximum absolute atomic E-state index is 10.8. The Kier molecular flexibility index (Phi) is 3.00. The van der Waals surface area contributed by atoms with Gasteiger partial charge in [0.05, 0.1) is 6.20 Å². The number of carbonyl (C=O) groups is 1. The fraction of sp³-hybridized carbons (Fsp3) is 0.167. The van der Waals surface area contributed by atoms with Crippen molar-refractivity contribution >= 4 is 5.91 Å². The molecule has 0 saturated heterocycles. The van der Waals surface area contributed by atoms with Crippen LogP contribution in [0.3, 0.4) is 0 Å². The van der Waals surface area contributed by atoms with E-state index in [1.54, 1.807) is 0 Å². The van der Waals surface area contributed by atoms with Crippen LogP contribution in [0.5, 0.6) is 0 Å².